The first kappa shape index (κ1) is 13.8. The van der Waals surface area contributed by atoms with E-state index in [0.29, 0.717) is 5.82 Å². The van der Waals surface area contributed by atoms with Crippen LogP contribution in [0.1, 0.15) is 5.56 Å². The Morgan fingerprint density at radius 2 is 1.52 bits per heavy atom. The number of nitrogens with two attached hydrogens (primary N) is 1. The number of aromatic nitrogens is 1. The molecule has 0 saturated heterocycles. The summed E-state index contributed by atoms with van der Waals surface area (Å²) in [6.07, 6.45) is 1.82. The summed E-state index contributed by atoms with van der Waals surface area (Å²) in [4.78, 5) is 4.20. The Kier molecular flexibility index (Phi) is 3.76. The smallest absolute Gasteiger partial charge is 0.138 e. The van der Waals surface area contributed by atoms with Crippen molar-refractivity contribution in [3.63, 3.8) is 0 Å². The van der Waals surface area contributed by atoms with Crippen LogP contribution in [0.3, 0.4) is 0 Å². The molecule has 1 heterocycles. The Balaban J connectivity index is 2.29. The van der Waals surface area contributed by atoms with Crippen LogP contribution in [0.15, 0.2) is 65.3 Å². The SMILES string of the molecule is Cc1cnc(N)c(Br)c1-c1ccccc1-c1ccccc1. The number of hydrogen-bond acceptors (Lipinski definition) is 2. The molecule has 0 fully saturated rings. The lowest BCUT2D eigenvalue weighted by atomic mass is 9.93. The summed E-state index contributed by atoms with van der Waals surface area (Å²) in [5, 5.41) is 0. The number of rotatable bonds is 2. The van der Waals surface area contributed by atoms with Crippen LogP contribution < -0.4 is 5.73 Å². The number of pyridine rings is 1. The predicted octanol–water partition coefficient (Wildman–Crippen LogP) is 5.07. The van der Waals surface area contributed by atoms with Gasteiger partial charge >= 0.3 is 0 Å². The molecular weight excluding hydrogens is 324 g/mol. The van der Waals surface area contributed by atoms with E-state index < -0.39 is 0 Å². The molecule has 2 nitrogen and oxygen atoms in total. The molecule has 3 aromatic rings. The number of nitrogen functional groups attached to an aromatic ring is 1. The van der Waals surface area contributed by atoms with Crippen LogP contribution in [0.4, 0.5) is 5.82 Å². The molecule has 2 N–H and O–H groups in total. The first-order valence-corrected chi connectivity index (χ1v) is 7.53. The zero-order valence-corrected chi connectivity index (χ0v) is 13.3. The molecule has 0 aliphatic carbocycles. The molecule has 0 radical (unpaired) electrons. The maximum atomic E-state index is 5.96. The monoisotopic (exact) mass is 338 g/mol. The molecule has 0 aliphatic heterocycles. The van der Waals surface area contributed by atoms with Crippen LogP contribution in [0.2, 0.25) is 0 Å². The van der Waals surface area contributed by atoms with Crippen molar-refractivity contribution in [1.82, 2.24) is 4.98 Å². The Hall–Kier alpha value is -2.13. The average molecular weight is 339 g/mol. The highest BCUT2D eigenvalue weighted by Gasteiger charge is 2.14. The third-order valence-corrected chi connectivity index (χ3v) is 4.32. The average Bonchev–Trinajstić information content (AvgIpc) is 2.53. The second-order valence-electron chi connectivity index (χ2n) is 4.93. The van der Waals surface area contributed by atoms with E-state index in [9.17, 15) is 0 Å². The zero-order chi connectivity index (χ0) is 14.8. The van der Waals surface area contributed by atoms with Crippen LogP contribution in [0, 0.1) is 6.92 Å². The Bertz CT molecular complexity index is 782. The van der Waals surface area contributed by atoms with Gasteiger partial charge in [0.25, 0.3) is 0 Å². The maximum absolute atomic E-state index is 5.96. The standard InChI is InChI=1S/C18H15BrN2/c1-12-11-21-18(20)17(19)16(12)15-10-6-5-9-14(15)13-7-3-2-4-8-13/h2-11H,1H3,(H2,20,21). The molecule has 0 bridgehead atoms. The molecule has 3 heteroatoms. The first-order valence-electron chi connectivity index (χ1n) is 6.74. The number of benzene rings is 2. The van der Waals surface area contributed by atoms with Crippen molar-refractivity contribution in [2.75, 3.05) is 5.73 Å². The fraction of sp³-hybridized carbons (Fsp3) is 0.0556. The molecule has 0 amide bonds. The second-order valence-corrected chi connectivity index (χ2v) is 5.72. The van der Waals surface area contributed by atoms with Crippen LogP contribution in [0.25, 0.3) is 22.3 Å². The van der Waals surface area contributed by atoms with Gasteiger partial charge in [-0.3, -0.25) is 0 Å². The highest BCUT2D eigenvalue weighted by Crippen LogP contribution is 2.39. The summed E-state index contributed by atoms with van der Waals surface area (Å²) in [5.74, 6) is 0.512. The van der Waals surface area contributed by atoms with Crippen molar-refractivity contribution < 1.29 is 0 Å². The largest absolute Gasteiger partial charge is 0.383 e. The zero-order valence-electron chi connectivity index (χ0n) is 11.7. The van der Waals surface area contributed by atoms with E-state index in [-0.39, 0.29) is 0 Å². The molecule has 0 unspecified atom stereocenters. The van der Waals surface area contributed by atoms with Gasteiger partial charge in [-0.15, -0.1) is 0 Å². The van der Waals surface area contributed by atoms with Gasteiger partial charge in [-0.1, -0.05) is 54.6 Å². The van der Waals surface area contributed by atoms with E-state index in [0.717, 1.165) is 21.2 Å². The molecule has 21 heavy (non-hydrogen) atoms. The Morgan fingerprint density at radius 3 is 2.24 bits per heavy atom. The number of halogens is 1. The van der Waals surface area contributed by atoms with E-state index in [2.05, 4.69) is 63.4 Å². The van der Waals surface area contributed by atoms with Crippen LogP contribution >= 0.6 is 15.9 Å². The van der Waals surface area contributed by atoms with Gasteiger partial charge in [-0.25, -0.2) is 4.98 Å². The lowest BCUT2D eigenvalue weighted by molar-refractivity contribution is 1.26. The number of aryl methyl sites for hydroxylation is 1. The molecular formula is C18H15BrN2. The predicted molar refractivity (Wildman–Crippen MR) is 92.0 cm³/mol. The van der Waals surface area contributed by atoms with Crippen molar-refractivity contribution in [3.05, 3.63) is 70.8 Å². The van der Waals surface area contributed by atoms with E-state index >= 15 is 0 Å². The lowest BCUT2D eigenvalue weighted by Crippen LogP contribution is -1.97. The van der Waals surface area contributed by atoms with Crippen molar-refractivity contribution in [2.24, 2.45) is 0 Å². The molecule has 0 spiro atoms. The van der Waals surface area contributed by atoms with Crippen molar-refractivity contribution in [1.29, 1.82) is 0 Å². The summed E-state index contributed by atoms with van der Waals surface area (Å²) >= 11 is 3.59. The maximum Gasteiger partial charge on any atom is 0.138 e. The Labute approximate surface area is 132 Å². The number of nitrogens with zero attached hydrogens (tertiary/aromatic N) is 1. The highest BCUT2D eigenvalue weighted by molar-refractivity contribution is 9.10. The summed E-state index contributed by atoms with van der Waals surface area (Å²) < 4.78 is 0.853. The fourth-order valence-electron chi connectivity index (χ4n) is 2.49. The van der Waals surface area contributed by atoms with Gasteiger partial charge in [-0.05, 0) is 45.1 Å². The molecule has 0 saturated carbocycles. The Morgan fingerprint density at radius 1 is 0.905 bits per heavy atom. The van der Waals surface area contributed by atoms with Gasteiger partial charge in [-0.2, -0.15) is 0 Å². The van der Waals surface area contributed by atoms with Crippen LogP contribution in [0.5, 0.6) is 0 Å². The fourth-order valence-corrected chi connectivity index (χ4v) is 3.12. The minimum Gasteiger partial charge on any atom is -0.383 e. The summed E-state index contributed by atoms with van der Waals surface area (Å²) in [6, 6.07) is 18.7. The minimum absolute atomic E-state index is 0.512. The summed E-state index contributed by atoms with van der Waals surface area (Å²) in [7, 11) is 0. The molecule has 3 rings (SSSR count). The first-order chi connectivity index (χ1) is 10.2. The lowest BCUT2D eigenvalue weighted by Gasteiger charge is -2.15. The van der Waals surface area contributed by atoms with Gasteiger partial charge in [0.05, 0.1) is 4.47 Å². The van der Waals surface area contributed by atoms with E-state index in [1.807, 2.05) is 25.3 Å². The molecule has 0 atom stereocenters. The highest BCUT2D eigenvalue weighted by atomic mass is 79.9. The third kappa shape index (κ3) is 2.57. The van der Waals surface area contributed by atoms with Gasteiger partial charge in [0.2, 0.25) is 0 Å². The molecule has 2 aromatic carbocycles. The normalized spacial score (nSPS) is 10.6. The van der Waals surface area contributed by atoms with Crippen molar-refractivity contribution >= 4 is 21.7 Å². The van der Waals surface area contributed by atoms with Gasteiger partial charge in [0.1, 0.15) is 5.82 Å². The number of hydrogen-bond donors (Lipinski definition) is 1. The molecule has 104 valence electrons. The summed E-state index contributed by atoms with van der Waals surface area (Å²) in [6.45, 7) is 2.05. The summed E-state index contributed by atoms with van der Waals surface area (Å²) in [5.41, 5.74) is 11.7. The topological polar surface area (TPSA) is 38.9 Å². The van der Waals surface area contributed by atoms with Crippen molar-refractivity contribution in [3.8, 4) is 22.3 Å². The van der Waals surface area contributed by atoms with Crippen LogP contribution in [-0.2, 0) is 0 Å². The van der Waals surface area contributed by atoms with Crippen LogP contribution in [-0.4, -0.2) is 4.98 Å². The van der Waals surface area contributed by atoms with E-state index in [4.69, 9.17) is 5.73 Å². The number of anilines is 1. The van der Waals surface area contributed by atoms with Gasteiger partial charge in [0.15, 0.2) is 0 Å². The molecule has 0 aliphatic rings. The minimum atomic E-state index is 0.512. The van der Waals surface area contributed by atoms with E-state index in [1.54, 1.807) is 0 Å². The van der Waals surface area contributed by atoms with Crippen molar-refractivity contribution in [2.45, 2.75) is 6.92 Å². The van der Waals surface area contributed by atoms with E-state index in [1.165, 1.54) is 11.1 Å². The van der Waals surface area contributed by atoms with Gasteiger partial charge in [0, 0.05) is 11.8 Å². The quantitative estimate of drug-likeness (QED) is 0.708. The van der Waals surface area contributed by atoms with Gasteiger partial charge < -0.3 is 5.73 Å². The second kappa shape index (κ2) is 5.70. The third-order valence-electron chi connectivity index (χ3n) is 3.52. The molecule has 1 aromatic heterocycles.